The molecule has 1 N–H and O–H groups in total. The van der Waals surface area contributed by atoms with Gasteiger partial charge in [0.2, 0.25) is 21.8 Å². The van der Waals surface area contributed by atoms with E-state index in [1.807, 2.05) is 94.4 Å². The Kier molecular flexibility index (Phi) is 10.3. The van der Waals surface area contributed by atoms with E-state index in [4.69, 9.17) is 0 Å². The average molecular weight is 550 g/mol. The molecule has 7 nitrogen and oxygen atoms in total. The minimum atomic E-state index is -3.80. The van der Waals surface area contributed by atoms with Crippen molar-refractivity contribution in [3.63, 3.8) is 0 Å². The second-order valence-corrected chi connectivity index (χ2v) is 12.0. The Bertz CT molecular complexity index is 1370. The number of para-hydroxylation sites is 1. The largest absolute Gasteiger partial charge is 0.352 e. The molecule has 3 aromatic carbocycles. The lowest BCUT2D eigenvalue weighted by Crippen LogP contribution is -2.54. The molecule has 0 unspecified atom stereocenters. The van der Waals surface area contributed by atoms with E-state index >= 15 is 0 Å². The van der Waals surface area contributed by atoms with Gasteiger partial charge in [0.15, 0.2) is 0 Å². The number of nitrogens with one attached hydrogen (secondary N) is 1. The SMILES string of the molecule is CCc1ccccc1N(CC(=O)N(Cc1cccc(C)c1)[C@@H](Cc1ccccc1)C(=O)NC(C)C)S(C)(=O)=O. The molecule has 1 atom stereocenters. The molecule has 2 amide bonds. The van der Waals surface area contributed by atoms with Crippen molar-refractivity contribution in [3.05, 3.63) is 101 Å². The standard InChI is InChI=1S/C31H39N3O4S/c1-6-27-17-10-11-18-28(27)34(39(5,37)38)22-30(35)33(21-26-16-12-13-24(4)19-26)29(31(36)32-23(2)3)20-25-14-8-7-9-15-25/h7-19,23,29H,6,20-22H2,1-5H3,(H,32,36)/t29-/m0/s1. The number of amides is 2. The third-order valence-electron chi connectivity index (χ3n) is 6.46. The molecule has 39 heavy (non-hydrogen) atoms. The summed E-state index contributed by atoms with van der Waals surface area (Å²) in [6.07, 6.45) is 2.00. The van der Waals surface area contributed by atoms with E-state index in [0.717, 1.165) is 32.8 Å². The number of benzene rings is 3. The van der Waals surface area contributed by atoms with Gasteiger partial charge in [-0.25, -0.2) is 8.42 Å². The number of hydrogen-bond acceptors (Lipinski definition) is 4. The first-order valence-electron chi connectivity index (χ1n) is 13.2. The molecule has 0 saturated carbocycles. The van der Waals surface area contributed by atoms with Crippen LogP contribution in [0.2, 0.25) is 0 Å². The summed E-state index contributed by atoms with van der Waals surface area (Å²) < 4.78 is 27.1. The van der Waals surface area contributed by atoms with Gasteiger partial charge >= 0.3 is 0 Å². The van der Waals surface area contributed by atoms with Gasteiger partial charge in [-0.3, -0.25) is 13.9 Å². The molecule has 0 radical (unpaired) electrons. The summed E-state index contributed by atoms with van der Waals surface area (Å²) in [7, 11) is -3.80. The molecule has 3 aromatic rings. The van der Waals surface area contributed by atoms with Gasteiger partial charge in [-0.2, -0.15) is 0 Å². The number of anilines is 1. The zero-order valence-electron chi connectivity index (χ0n) is 23.4. The summed E-state index contributed by atoms with van der Waals surface area (Å²) in [5, 5.41) is 2.96. The van der Waals surface area contributed by atoms with E-state index in [-0.39, 0.29) is 18.5 Å². The van der Waals surface area contributed by atoms with E-state index in [1.54, 1.807) is 12.1 Å². The molecular formula is C31H39N3O4S. The summed E-state index contributed by atoms with van der Waals surface area (Å²) in [6.45, 7) is 7.40. The van der Waals surface area contributed by atoms with Crippen LogP contribution in [0.25, 0.3) is 0 Å². The monoisotopic (exact) mass is 549 g/mol. The Balaban J connectivity index is 2.08. The van der Waals surface area contributed by atoms with Crippen molar-refractivity contribution in [2.45, 2.75) is 59.2 Å². The number of carbonyl (C=O) groups excluding carboxylic acids is 2. The average Bonchev–Trinajstić information content (AvgIpc) is 2.88. The summed E-state index contributed by atoms with van der Waals surface area (Å²) in [5.41, 5.74) is 4.08. The number of sulfonamides is 1. The van der Waals surface area contributed by atoms with Crippen molar-refractivity contribution in [1.29, 1.82) is 0 Å². The molecule has 0 aliphatic carbocycles. The summed E-state index contributed by atoms with van der Waals surface area (Å²) in [5.74, 6) is -0.734. The minimum Gasteiger partial charge on any atom is -0.352 e. The molecular weight excluding hydrogens is 510 g/mol. The number of rotatable bonds is 12. The highest BCUT2D eigenvalue weighted by molar-refractivity contribution is 7.92. The van der Waals surface area contributed by atoms with E-state index < -0.39 is 28.5 Å². The van der Waals surface area contributed by atoms with Crippen molar-refractivity contribution in [3.8, 4) is 0 Å². The fraction of sp³-hybridized carbons (Fsp3) is 0.355. The van der Waals surface area contributed by atoms with Crippen LogP contribution in [0.5, 0.6) is 0 Å². The quantitative estimate of drug-likeness (QED) is 0.361. The van der Waals surface area contributed by atoms with Crippen LogP contribution >= 0.6 is 0 Å². The molecule has 3 rings (SSSR count). The fourth-order valence-corrected chi connectivity index (χ4v) is 5.47. The van der Waals surface area contributed by atoms with Gasteiger partial charge in [0.05, 0.1) is 11.9 Å². The van der Waals surface area contributed by atoms with Crippen LogP contribution in [0.15, 0.2) is 78.9 Å². The molecule has 0 heterocycles. The molecule has 208 valence electrons. The zero-order valence-corrected chi connectivity index (χ0v) is 24.2. The minimum absolute atomic E-state index is 0.129. The van der Waals surface area contributed by atoms with Crippen molar-refractivity contribution in [2.24, 2.45) is 0 Å². The maximum absolute atomic E-state index is 14.1. The van der Waals surface area contributed by atoms with Crippen molar-refractivity contribution >= 4 is 27.5 Å². The maximum Gasteiger partial charge on any atom is 0.244 e. The number of hydrogen-bond donors (Lipinski definition) is 1. The molecule has 0 bridgehead atoms. The van der Waals surface area contributed by atoms with Gasteiger partial charge in [-0.15, -0.1) is 0 Å². The molecule has 0 fully saturated rings. The van der Waals surface area contributed by atoms with E-state index in [1.165, 1.54) is 4.90 Å². The third-order valence-corrected chi connectivity index (χ3v) is 7.58. The first kappa shape index (κ1) is 29.9. The molecule has 0 spiro atoms. The fourth-order valence-electron chi connectivity index (χ4n) is 4.59. The Morgan fingerprint density at radius 1 is 0.897 bits per heavy atom. The lowest BCUT2D eigenvalue weighted by Gasteiger charge is -2.34. The predicted molar refractivity (Wildman–Crippen MR) is 157 cm³/mol. The van der Waals surface area contributed by atoms with Crippen molar-refractivity contribution in [2.75, 3.05) is 17.1 Å². The van der Waals surface area contributed by atoms with Crippen LogP contribution < -0.4 is 9.62 Å². The smallest absolute Gasteiger partial charge is 0.244 e. The van der Waals surface area contributed by atoms with Crippen LogP contribution in [0.3, 0.4) is 0 Å². The Morgan fingerprint density at radius 2 is 1.54 bits per heavy atom. The molecule has 0 aliphatic heterocycles. The van der Waals surface area contributed by atoms with Gasteiger partial charge in [-0.1, -0.05) is 85.3 Å². The third kappa shape index (κ3) is 8.42. The second-order valence-electron chi connectivity index (χ2n) is 10.1. The summed E-state index contributed by atoms with van der Waals surface area (Å²) >= 11 is 0. The topological polar surface area (TPSA) is 86.8 Å². The van der Waals surface area contributed by atoms with Crippen LogP contribution in [0.4, 0.5) is 5.69 Å². The predicted octanol–water partition coefficient (Wildman–Crippen LogP) is 4.49. The highest BCUT2D eigenvalue weighted by atomic mass is 32.2. The van der Waals surface area contributed by atoms with Crippen LogP contribution in [-0.2, 0) is 39.0 Å². The van der Waals surface area contributed by atoms with Gasteiger partial charge in [0.25, 0.3) is 0 Å². The second kappa shape index (κ2) is 13.4. The molecule has 0 aromatic heterocycles. The molecule has 0 aliphatic rings. The van der Waals surface area contributed by atoms with Gasteiger partial charge in [0, 0.05) is 19.0 Å². The lowest BCUT2D eigenvalue weighted by atomic mass is 10.0. The molecule has 8 heteroatoms. The van der Waals surface area contributed by atoms with Crippen molar-refractivity contribution in [1.82, 2.24) is 10.2 Å². The zero-order chi connectivity index (χ0) is 28.6. The van der Waals surface area contributed by atoms with E-state index in [2.05, 4.69) is 5.32 Å². The van der Waals surface area contributed by atoms with Gasteiger partial charge < -0.3 is 10.2 Å². The summed E-state index contributed by atoms with van der Waals surface area (Å²) in [4.78, 5) is 29.2. The first-order chi connectivity index (χ1) is 18.5. The lowest BCUT2D eigenvalue weighted by molar-refractivity contribution is -0.140. The normalized spacial score (nSPS) is 12.2. The van der Waals surface area contributed by atoms with Gasteiger partial charge in [-0.05, 0) is 49.9 Å². The first-order valence-corrected chi connectivity index (χ1v) is 15.1. The van der Waals surface area contributed by atoms with Crippen LogP contribution in [-0.4, -0.2) is 50.0 Å². The molecule has 0 saturated heterocycles. The number of aryl methyl sites for hydroxylation is 2. The van der Waals surface area contributed by atoms with Gasteiger partial charge in [0.1, 0.15) is 12.6 Å². The maximum atomic E-state index is 14.1. The van der Waals surface area contributed by atoms with E-state index in [0.29, 0.717) is 18.5 Å². The Hall–Kier alpha value is -3.65. The Morgan fingerprint density at radius 3 is 2.15 bits per heavy atom. The van der Waals surface area contributed by atoms with Crippen LogP contribution in [0, 0.1) is 6.92 Å². The van der Waals surface area contributed by atoms with E-state index in [9.17, 15) is 18.0 Å². The van der Waals surface area contributed by atoms with Crippen LogP contribution in [0.1, 0.15) is 43.0 Å². The summed E-state index contributed by atoms with van der Waals surface area (Å²) in [6, 6.07) is 23.5. The van der Waals surface area contributed by atoms with Crippen molar-refractivity contribution < 1.29 is 18.0 Å². The highest BCUT2D eigenvalue weighted by Crippen LogP contribution is 2.24. The number of nitrogens with zero attached hydrogens (tertiary/aromatic N) is 2. The number of carbonyl (C=O) groups is 2. The Labute approximate surface area is 232 Å². The highest BCUT2D eigenvalue weighted by Gasteiger charge is 2.33.